The van der Waals surface area contributed by atoms with Gasteiger partial charge in [-0.25, -0.2) is 12.7 Å². The number of benzene rings is 2. The number of H-pyrrole nitrogens is 1. The Balaban J connectivity index is 1.86. The number of nitrogens with zero attached hydrogens (tertiary/aromatic N) is 2. The molecule has 0 bridgehead atoms. The second-order valence-electron chi connectivity index (χ2n) is 6.20. The van der Waals surface area contributed by atoms with Crippen molar-refractivity contribution in [1.82, 2.24) is 19.8 Å². The highest BCUT2D eigenvalue weighted by Crippen LogP contribution is 2.20. The molecule has 1 amide bonds. The van der Waals surface area contributed by atoms with Crippen LogP contribution in [0.15, 0.2) is 47.4 Å². The molecule has 0 saturated heterocycles. The summed E-state index contributed by atoms with van der Waals surface area (Å²) in [6.07, 6.45) is 0. The molecule has 3 rings (SSSR count). The number of sulfonamides is 1. The first-order valence-electron chi connectivity index (χ1n) is 8.04. The van der Waals surface area contributed by atoms with Crippen molar-refractivity contribution >= 4 is 26.8 Å². The lowest BCUT2D eigenvalue weighted by Crippen LogP contribution is -2.27. The van der Waals surface area contributed by atoms with E-state index in [0.29, 0.717) is 5.56 Å². The number of aryl methyl sites for hydroxylation is 1. The lowest BCUT2D eigenvalue weighted by Gasteiger charge is -2.15. The molecule has 0 aliphatic heterocycles. The molecule has 136 valence electrons. The third-order valence-electron chi connectivity index (χ3n) is 4.10. The molecule has 8 heteroatoms. The molecule has 1 aromatic heterocycles. The first-order valence-corrected chi connectivity index (χ1v) is 9.48. The van der Waals surface area contributed by atoms with Gasteiger partial charge in [-0.15, -0.1) is 0 Å². The van der Waals surface area contributed by atoms with Gasteiger partial charge >= 0.3 is 0 Å². The number of carbonyl (C=O) groups is 1. The average molecular weight is 372 g/mol. The van der Waals surface area contributed by atoms with Gasteiger partial charge in [0.1, 0.15) is 0 Å². The van der Waals surface area contributed by atoms with Crippen LogP contribution in [0.2, 0.25) is 0 Å². The highest BCUT2D eigenvalue weighted by Gasteiger charge is 2.21. The van der Waals surface area contributed by atoms with Crippen molar-refractivity contribution in [3.05, 3.63) is 59.3 Å². The van der Waals surface area contributed by atoms with Crippen LogP contribution in [-0.2, 0) is 16.6 Å². The van der Waals surface area contributed by atoms with Gasteiger partial charge in [-0.1, -0.05) is 29.8 Å². The number of fused-ring (bicyclic) bond motifs is 1. The van der Waals surface area contributed by atoms with Crippen molar-refractivity contribution in [2.75, 3.05) is 14.1 Å². The smallest absolute Gasteiger partial charge is 0.272 e. The minimum atomic E-state index is -3.59. The Morgan fingerprint density at radius 1 is 1.19 bits per heavy atom. The molecule has 0 radical (unpaired) electrons. The molecule has 0 atom stereocenters. The Hall–Kier alpha value is -2.71. The van der Waals surface area contributed by atoms with Gasteiger partial charge in [0.25, 0.3) is 5.91 Å². The zero-order valence-electron chi connectivity index (χ0n) is 14.8. The van der Waals surface area contributed by atoms with E-state index in [2.05, 4.69) is 15.5 Å². The Morgan fingerprint density at radius 2 is 1.92 bits per heavy atom. The summed E-state index contributed by atoms with van der Waals surface area (Å²) >= 11 is 0. The second-order valence-corrected chi connectivity index (χ2v) is 8.32. The van der Waals surface area contributed by atoms with E-state index in [1.165, 1.54) is 20.2 Å². The Bertz CT molecular complexity index is 1070. The van der Waals surface area contributed by atoms with Crippen molar-refractivity contribution < 1.29 is 13.2 Å². The summed E-state index contributed by atoms with van der Waals surface area (Å²) in [6, 6.07) is 12.3. The third-order valence-corrected chi connectivity index (χ3v) is 6.02. The highest BCUT2D eigenvalue weighted by atomic mass is 32.2. The van der Waals surface area contributed by atoms with E-state index in [9.17, 15) is 13.2 Å². The maximum Gasteiger partial charge on any atom is 0.272 e. The lowest BCUT2D eigenvalue weighted by atomic mass is 10.1. The van der Waals surface area contributed by atoms with Gasteiger partial charge in [0.15, 0.2) is 5.69 Å². The molecule has 7 nitrogen and oxygen atoms in total. The van der Waals surface area contributed by atoms with Gasteiger partial charge in [0, 0.05) is 26.0 Å². The number of carbonyl (C=O) groups excluding carboxylic acids is 1. The quantitative estimate of drug-likeness (QED) is 0.717. The number of aromatic amines is 1. The van der Waals surface area contributed by atoms with Crippen molar-refractivity contribution in [2.45, 2.75) is 18.4 Å². The summed E-state index contributed by atoms with van der Waals surface area (Å²) in [5, 5.41) is 10.4. The zero-order valence-corrected chi connectivity index (χ0v) is 15.6. The van der Waals surface area contributed by atoms with Gasteiger partial charge in [-0.2, -0.15) is 5.10 Å². The number of nitrogens with one attached hydrogen (secondary N) is 2. The molecule has 2 N–H and O–H groups in total. The van der Waals surface area contributed by atoms with E-state index in [0.717, 1.165) is 20.8 Å². The fraction of sp³-hybridized carbons (Fsp3) is 0.222. The summed E-state index contributed by atoms with van der Waals surface area (Å²) in [6.45, 7) is 2.03. The van der Waals surface area contributed by atoms with E-state index in [4.69, 9.17) is 0 Å². The number of hydrogen-bond donors (Lipinski definition) is 2. The van der Waals surface area contributed by atoms with Gasteiger partial charge in [0.05, 0.1) is 10.4 Å². The number of rotatable bonds is 5. The summed E-state index contributed by atoms with van der Waals surface area (Å²) in [5.74, 6) is -0.362. The topological polar surface area (TPSA) is 95.2 Å². The largest absolute Gasteiger partial charge is 0.346 e. The monoisotopic (exact) mass is 372 g/mol. The predicted molar refractivity (Wildman–Crippen MR) is 99.3 cm³/mol. The molecule has 2 aromatic carbocycles. The molecule has 0 saturated carbocycles. The van der Waals surface area contributed by atoms with Crippen LogP contribution in [0.25, 0.3) is 10.9 Å². The third kappa shape index (κ3) is 3.33. The summed E-state index contributed by atoms with van der Waals surface area (Å²) in [7, 11) is -0.639. The maximum atomic E-state index is 12.5. The van der Waals surface area contributed by atoms with Crippen LogP contribution < -0.4 is 5.32 Å². The Labute approximate surface area is 152 Å². The average Bonchev–Trinajstić information content (AvgIpc) is 3.02. The number of hydrogen-bond acceptors (Lipinski definition) is 4. The van der Waals surface area contributed by atoms with Crippen LogP contribution in [0, 0.1) is 6.92 Å². The van der Waals surface area contributed by atoms with Gasteiger partial charge in [0.2, 0.25) is 10.0 Å². The first kappa shape index (κ1) is 18.1. The van der Waals surface area contributed by atoms with Gasteiger partial charge in [-0.3, -0.25) is 9.89 Å². The Morgan fingerprint density at radius 3 is 2.65 bits per heavy atom. The van der Waals surface area contributed by atoms with Crippen molar-refractivity contribution in [2.24, 2.45) is 0 Å². The summed E-state index contributed by atoms with van der Waals surface area (Å²) in [5.41, 5.74) is 2.61. The molecule has 26 heavy (non-hydrogen) atoms. The van der Waals surface area contributed by atoms with Crippen LogP contribution >= 0.6 is 0 Å². The summed E-state index contributed by atoms with van der Waals surface area (Å²) in [4.78, 5) is 12.7. The van der Waals surface area contributed by atoms with E-state index >= 15 is 0 Å². The van der Waals surface area contributed by atoms with Crippen LogP contribution in [0.1, 0.15) is 21.6 Å². The fourth-order valence-electron chi connectivity index (χ4n) is 2.66. The van der Waals surface area contributed by atoms with Gasteiger partial charge < -0.3 is 5.32 Å². The molecule has 0 unspecified atom stereocenters. The molecule has 0 aliphatic carbocycles. The molecular weight excluding hydrogens is 352 g/mol. The molecule has 0 aliphatic rings. The Kier molecular flexibility index (Phi) is 4.80. The van der Waals surface area contributed by atoms with Crippen molar-refractivity contribution in [3.8, 4) is 0 Å². The molecule has 3 aromatic rings. The first-order chi connectivity index (χ1) is 12.3. The van der Waals surface area contributed by atoms with Crippen LogP contribution in [0.3, 0.4) is 0 Å². The normalized spacial score (nSPS) is 11.8. The number of aromatic nitrogens is 2. The minimum absolute atomic E-state index is 0.0856. The number of amides is 1. The van der Waals surface area contributed by atoms with Crippen LogP contribution in [0.4, 0.5) is 0 Å². The summed E-state index contributed by atoms with van der Waals surface area (Å²) < 4.78 is 26.0. The van der Waals surface area contributed by atoms with Crippen molar-refractivity contribution in [3.63, 3.8) is 0 Å². The minimum Gasteiger partial charge on any atom is -0.346 e. The van der Waals surface area contributed by atoms with Crippen LogP contribution in [-0.4, -0.2) is 42.9 Å². The van der Waals surface area contributed by atoms with E-state index in [1.807, 2.05) is 25.1 Å². The van der Waals surface area contributed by atoms with E-state index in [1.54, 1.807) is 18.2 Å². The zero-order chi connectivity index (χ0) is 18.9. The molecular formula is C18H20N4O3S. The molecule has 0 fully saturated rings. The van der Waals surface area contributed by atoms with E-state index < -0.39 is 10.0 Å². The molecule has 0 spiro atoms. The maximum absolute atomic E-state index is 12.5. The fourth-order valence-corrected chi connectivity index (χ4v) is 3.77. The predicted octanol–water partition coefficient (Wildman–Crippen LogP) is 2.05. The van der Waals surface area contributed by atoms with Gasteiger partial charge in [-0.05, 0) is 30.7 Å². The molecule has 1 heterocycles. The SMILES string of the molecule is Cc1ccc2[nH]nc(C(=O)NCc3ccccc3S(=O)(=O)N(C)C)c2c1. The standard InChI is InChI=1S/C18H20N4O3S/c1-12-8-9-15-14(10-12)17(21-20-15)18(23)19-11-13-6-4-5-7-16(13)26(24,25)22(2)3/h4-10H,11H2,1-3H3,(H,19,23)(H,20,21). The lowest BCUT2D eigenvalue weighted by molar-refractivity contribution is 0.0947. The second kappa shape index (κ2) is 6.89. The van der Waals surface area contributed by atoms with Crippen LogP contribution in [0.5, 0.6) is 0 Å². The van der Waals surface area contributed by atoms with E-state index in [-0.39, 0.29) is 23.0 Å². The highest BCUT2D eigenvalue weighted by molar-refractivity contribution is 7.89. The van der Waals surface area contributed by atoms with Crippen molar-refractivity contribution in [1.29, 1.82) is 0 Å².